The third kappa shape index (κ3) is 3.86. The zero-order valence-electron chi connectivity index (χ0n) is 13.4. The van der Waals surface area contributed by atoms with Gasteiger partial charge >= 0.3 is 0 Å². The molecule has 6 nitrogen and oxygen atoms in total. The molecule has 124 valence electrons. The van der Waals surface area contributed by atoms with Crippen LogP contribution < -0.4 is 5.32 Å². The number of amides is 1. The van der Waals surface area contributed by atoms with E-state index in [0.29, 0.717) is 24.4 Å². The van der Waals surface area contributed by atoms with Crippen molar-refractivity contribution >= 4 is 17.2 Å². The second-order valence-corrected chi connectivity index (χ2v) is 6.12. The molecule has 7 heteroatoms. The smallest absolute Gasteiger partial charge is 0.273 e. The predicted octanol–water partition coefficient (Wildman–Crippen LogP) is 3.12. The first-order valence-corrected chi connectivity index (χ1v) is 8.72. The van der Waals surface area contributed by atoms with Gasteiger partial charge in [-0.25, -0.2) is 9.97 Å². The molecule has 0 spiro atoms. The highest BCUT2D eigenvalue weighted by atomic mass is 32.1. The summed E-state index contributed by atoms with van der Waals surface area (Å²) in [5.74, 6) is 0.432. The molecule has 0 aliphatic heterocycles. The molecule has 1 N–H and O–H groups in total. The number of nitrogens with zero attached hydrogens (tertiary/aromatic N) is 3. The van der Waals surface area contributed by atoms with Crippen LogP contribution in [0.4, 0.5) is 0 Å². The van der Waals surface area contributed by atoms with E-state index in [1.165, 1.54) is 6.39 Å². The lowest BCUT2D eigenvalue weighted by molar-refractivity contribution is 0.0947. The first kappa shape index (κ1) is 16.3. The van der Waals surface area contributed by atoms with Crippen molar-refractivity contribution in [1.82, 2.24) is 20.3 Å². The van der Waals surface area contributed by atoms with Crippen molar-refractivity contribution in [3.8, 4) is 11.4 Å². The van der Waals surface area contributed by atoms with Crippen molar-refractivity contribution in [2.24, 2.45) is 0 Å². The van der Waals surface area contributed by atoms with Crippen LogP contribution in [0.15, 0.2) is 40.6 Å². The van der Waals surface area contributed by atoms with Gasteiger partial charge in [0.15, 0.2) is 12.1 Å². The molecule has 3 heterocycles. The minimum absolute atomic E-state index is 0.186. The highest BCUT2D eigenvalue weighted by molar-refractivity contribution is 7.09. The minimum Gasteiger partial charge on any atom is -0.448 e. The van der Waals surface area contributed by atoms with Crippen LogP contribution in [0.2, 0.25) is 0 Å². The molecule has 3 aromatic heterocycles. The number of aromatic nitrogens is 3. The Hall–Kier alpha value is -2.54. The third-order valence-electron chi connectivity index (χ3n) is 3.51. The first-order chi connectivity index (χ1) is 11.8. The van der Waals surface area contributed by atoms with Gasteiger partial charge in [0.25, 0.3) is 5.91 Å². The summed E-state index contributed by atoms with van der Waals surface area (Å²) in [4.78, 5) is 24.9. The number of rotatable bonds is 7. The lowest BCUT2D eigenvalue weighted by Crippen LogP contribution is -2.26. The van der Waals surface area contributed by atoms with Crippen LogP contribution in [0.1, 0.15) is 34.6 Å². The molecule has 3 aromatic rings. The Bertz CT molecular complexity index is 798. The number of aryl methyl sites for hydroxylation is 2. The molecule has 0 atom stereocenters. The summed E-state index contributed by atoms with van der Waals surface area (Å²) in [6, 6.07) is 5.78. The molecule has 3 rings (SSSR count). The topological polar surface area (TPSA) is 80.9 Å². The van der Waals surface area contributed by atoms with E-state index >= 15 is 0 Å². The molecule has 0 bridgehead atoms. The quantitative estimate of drug-likeness (QED) is 0.667. The number of carbonyl (C=O) groups is 1. The van der Waals surface area contributed by atoms with Crippen LogP contribution in [0.5, 0.6) is 0 Å². The molecule has 1 amide bonds. The lowest BCUT2D eigenvalue weighted by atomic mass is 10.2. The van der Waals surface area contributed by atoms with Crippen LogP contribution in [0.25, 0.3) is 11.4 Å². The number of oxazole rings is 1. The maximum absolute atomic E-state index is 12.0. The molecule has 24 heavy (non-hydrogen) atoms. The summed E-state index contributed by atoms with van der Waals surface area (Å²) in [5, 5.41) is 5.93. The Morgan fingerprint density at radius 3 is 3.00 bits per heavy atom. The lowest BCUT2D eigenvalue weighted by Gasteiger charge is -2.03. The van der Waals surface area contributed by atoms with Crippen molar-refractivity contribution in [1.29, 1.82) is 0 Å². The Balaban J connectivity index is 1.47. The van der Waals surface area contributed by atoms with Crippen LogP contribution >= 0.6 is 11.3 Å². The van der Waals surface area contributed by atoms with Crippen molar-refractivity contribution in [3.63, 3.8) is 0 Å². The summed E-state index contributed by atoms with van der Waals surface area (Å²) < 4.78 is 5.17. The summed E-state index contributed by atoms with van der Waals surface area (Å²) >= 11 is 1.62. The number of carbonyl (C=O) groups excluding carboxylic acids is 1. The first-order valence-electron chi connectivity index (χ1n) is 7.84. The van der Waals surface area contributed by atoms with E-state index in [2.05, 4.69) is 20.3 Å². The number of hydrogen-bond donors (Lipinski definition) is 1. The maximum Gasteiger partial charge on any atom is 0.273 e. The van der Waals surface area contributed by atoms with E-state index in [4.69, 9.17) is 4.42 Å². The van der Waals surface area contributed by atoms with E-state index in [1.54, 1.807) is 17.5 Å². The van der Waals surface area contributed by atoms with Gasteiger partial charge in [0.2, 0.25) is 0 Å². The summed E-state index contributed by atoms with van der Waals surface area (Å²) in [7, 11) is 0. The third-order valence-corrected chi connectivity index (χ3v) is 4.42. The fraction of sp³-hybridized carbons (Fsp3) is 0.294. The van der Waals surface area contributed by atoms with Gasteiger partial charge in [-0.15, -0.1) is 11.3 Å². The fourth-order valence-corrected chi connectivity index (χ4v) is 3.12. The molecule has 0 saturated heterocycles. The Kier molecular flexibility index (Phi) is 5.32. The Morgan fingerprint density at radius 1 is 1.29 bits per heavy atom. The van der Waals surface area contributed by atoms with E-state index in [9.17, 15) is 4.79 Å². The summed E-state index contributed by atoms with van der Waals surface area (Å²) in [6.07, 6.45) is 5.36. The van der Waals surface area contributed by atoms with E-state index in [-0.39, 0.29) is 5.91 Å². The Morgan fingerprint density at radius 2 is 2.21 bits per heavy atom. The monoisotopic (exact) mass is 342 g/mol. The van der Waals surface area contributed by atoms with Crippen LogP contribution in [-0.4, -0.2) is 27.4 Å². The van der Waals surface area contributed by atoms with Gasteiger partial charge in [0, 0.05) is 31.0 Å². The second kappa shape index (κ2) is 7.83. The van der Waals surface area contributed by atoms with E-state index in [0.717, 1.165) is 29.2 Å². The average molecular weight is 342 g/mol. The summed E-state index contributed by atoms with van der Waals surface area (Å²) in [6.45, 7) is 2.51. The molecule has 0 fully saturated rings. The van der Waals surface area contributed by atoms with E-state index in [1.807, 2.05) is 30.5 Å². The molecule has 0 unspecified atom stereocenters. The van der Waals surface area contributed by atoms with Crippen molar-refractivity contribution in [2.75, 3.05) is 6.54 Å². The Labute approximate surface area is 144 Å². The van der Waals surface area contributed by atoms with Gasteiger partial charge in [-0.1, -0.05) is 13.0 Å². The number of hydrogen-bond acceptors (Lipinski definition) is 6. The van der Waals surface area contributed by atoms with Gasteiger partial charge < -0.3 is 9.73 Å². The van der Waals surface area contributed by atoms with Gasteiger partial charge in [-0.05, 0) is 18.6 Å². The van der Waals surface area contributed by atoms with Crippen molar-refractivity contribution < 1.29 is 9.21 Å². The largest absolute Gasteiger partial charge is 0.448 e. The number of pyridine rings is 1. The molecule has 0 aromatic carbocycles. The van der Waals surface area contributed by atoms with Gasteiger partial charge in [-0.2, -0.15) is 0 Å². The van der Waals surface area contributed by atoms with Gasteiger partial charge in [0.05, 0.1) is 16.4 Å². The average Bonchev–Trinajstić information content (AvgIpc) is 3.28. The predicted molar refractivity (Wildman–Crippen MR) is 91.9 cm³/mol. The number of nitrogens with one attached hydrogen (secondary N) is 1. The standard InChI is InChI=1S/C17H18N4O2S/c1-2-14-16(20-11-23-14)17(22)19-9-5-7-15-21-13(10-24-15)12-6-3-4-8-18-12/h3-4,6,8,10-11H,2,5,7,9H2,1H3,(H,19,22). The van der Waals surface area contributed by atoms with E-state index < -0.39 is 0 Å². The maximum atomic E-state index is 12.0. The molecular formula is C17H18N4O2S. The van der Waals surface area contributed by atoms with Crippen molar-refractivity contribution in [3.05, 3.63) is 52.6 Å². The van der Waals surface area contributed by atoms with Crippen molar-refractivity contribution in [2.45, 2.75) is 26.2 Å². The normalized spacial score (nSPS) is 10.7. The molecule has 0 aliphatic carbocycles. The number of thiazole rings is 1. The summed E-state index contributed by atoms with van der Waals surface area (Å²) in [5.41, 5.74) is 2.16. The highest BCUT2D eigenvalue weighted by Crippen LogP contribution is 2.20. The minimum atomic E-state index is -0.186. The van der Waals surface area contributed by atoms with Crippen LogP contribution in [0, 0.1) is 0 Å². The van der Waals surface area contributed by atoms with Gasteiger partial charge in [0.1, 0.15) is 5.76 Å². The molecule has 0 aliphatic rings. The second-order valence-electron chi connectivity index (χ2n) is 5.18. The molecule has 0 saturated carbocycles. The highest BCUT2D eigenvalue weighted by Gasteiger charge is 2.14. The fourth-order valence-electron chi connectivity index (χ4n) is 2.29. The SMILES string of the molecule is CCc1ocnc1C(=O)NCCCc1nc(-c2ccccn2)cs1. The zero-order valence-corrected chi connectivity index (χ0v) is 14.2. The van der Waals surface area contributed by atoms with Crippen LogP contribution in [0.3, 0.4) is 0 Å². The molecular weight excluding hydrogens is 324 g/mol. The molecule has 0 radical (unpaired) electrons. The zero-order chi connectivity index (χ0) is 16.8. The van der Waals surface area contributed by atoms with Crippen LogP contribution in [-0.2, 0) is 12.8 Å². The van der Waals surface area contributed by atoms with Gasteiger partial charge in [-0.3, -0.25) is 9.78 Å².